The summed E-state index contributed by atoms with van der Waals surface area (Å²) in [5.41, 5.74) is 5.50. The highest BCUT2D eigenvalue weighted by Gasteiger charge is 2.33. The minimum absolute atomic E-state index is 0.0216. The van der Waals surface area contributed by atoms with Gasteiger partial charge in [0.2, 0.25) is 0 Å². The summed E-state index contributed by atoms with van der Waals surface area (Å²) in [4.78, 5) is 21.7. The van der Waals surface area contributed by atoms with E-state index in [1.165, 1.54) is 11.3 Å². The van der Waals surface area contributed by atoms with Crippen molar-refractivity contribution in [3.05, 3.63) is 60.0 Å². The van der Waals surface area contributed by atoms with E-state index in [-0.39, 0.29) is 6.03 Å². The molecule has 27 heavy (non-hydrogen) atoms. The van der Waals surface area contributed by atoms with Gasteiger partial charge in [0.1, 0.15) is 5.65 Å². The summed E-state index contributed by atoms with van der Waals surface area (Å²) in [5, 5.41) is 3.08. The number of imidazole rings is 1. The molecule has 6 nitrogen and oxygen atoms in total. The molecule has 0 unspecified atom stereocenters. The Hall–Kier alpha value is -3.02. The lowest BCUT2D eigenvalue weighted by atomic mass is 10.1. The first-order chi connectivity index (χ1) is 13.2. The second-order valence-corrected chi connectivity index (χ2v) is 7.48. The molecule has 1 atom stereocenters. The highest BCUT2D eigenvalue weighted by molar-refractivity contribution is 5.89. The Balaban J connectivity index is 1.33. The summed E-state index contributed by atoms with van der Waals surface area (Å²) in [7, 11) is 0. The minimum Gasteiger partial charge on any atom is -0.366 e. The number of pyridine rings is 1. The average Bonchev–Trinajstić information content (AvgIpc) is 3.20. The van der Waals surface area contributed by atoms with Gasteiger partial charge in [0.05, 0.1) is 11.7 Å². The van der Waals surface area contributed by atoms with Crippen LogP contribution in [0.3, 0.4) is 0 Å². The third kappa shape index (κ3) is 2.81. The molecule has 0 aliphatic carbocycles. The van der Waals surface area contributed by atoms with Gasteiger partial charge in [0.25, 0.3) is 0 Å². The summed E-state index contributed by atoms with van der Waals surface area (Å²) in [6.07, 6.45) is 7.59. The van der Waals surface area contributed by atoms with Crippen molar-refractivity contribution in [1.82, 2.24) is 14.3 Å². The van der Waals surface area contributed by atoms with Crippen LogP contribution in [0, 0.1) is 6.92 Å². The number of para-hydroxylation sites is 1. The van der Waals surface area contributed by atoms with Crippen LogP contribution in [0.2, 0.25) is 0 Å². The van der Waals surface area contributed by atoms with E-state index in [1.807, 2.05) is 34.7 Å². The second kappa shape index (κ2) is 6.30. The third-order valence-corrected chi connectivity index (χ3v) is 5.67. The number of amides is 2. The Morgan fingerprint density at radius 1 is 1.26 bits per heavy atom. The molecule has 2 amide bonds. The molecule has 0 saturated carbocycles. The minimum atomic E-state index is -0.0216. The predicted octanol–water partition coefficient (Wildman–Crippen LogP) is 3.31. The average molecular weight is 361 g/mol. The van der Waals surface area contributed by atoms with Gasteiger partial charge in [-0.2, -0.15) is 0 Å². The first-order valence-electron chi connectivity index (χ1n) is 9.53. The summed E-state index contributed by atoms with van der Waals surface area (Å²) >= 11 is 0. The summed E-state index contributed by atoms with van der Waals surface area (Å²) in [5.74, 6) is 0. The molecule has 1 saturated heterocycles. The van der Waals surface area contributed by atoms with Crippen molar-refractivity contribution in [2.75, 3.05) is 29.9 Å². The Morgan fingerprint density at radius 3 is 3.07 bits per heavy atom. The van der Waals surface area contributed by atoms with Crippen LogP contribution in [0.1, 0.15) is 17.5 Å². The van der Waals surface area contributed by atoms with Crippen LogP contribution < -0.4 is 10.2 Å². The van der Waals surface area contributed by atoms with E-state index in [2.05, 4.69) is 39.5 Å². The van der Waals surface area contributed by atoms with E-state index in [0.29, 0.717) is 6.04 Å². The molecular formula is C21H23N5O. The van der Waals surface area contributed by atoms with E-state index in [4.69, 9.17) is 0 Å². The van der Waals surface area contributed by atoms with Gasteiger partial charge < -0.3 is 19.5 Å². The van der Waals surface area contributed by atoms with Gasteiger partial charge in [-0.05, 0) is 43.0 Å². The molecule has 2 aliphatic rings. The quantitative estimate of drug-likeness (QED) is 0.723. The first kappa shape index (κ1) is 16.2. The Kier molecular flexibility index (Phi) is 3.77. The maximum atomic E-state index is 12.9. The molecule has 0 spiro atoms. The fourth-order valence-corrected chi connectivity index (χ4v) is 4.43. The summed E-state index contributed by atoms with van der Waals surface area (Å²) < 4.78 is 1.95. The number of carbonyl (C=O) groups is 1. The van der Waals surface area contributed by atoms with Crippen LogP contribution in [0.15, 0.2) is 48.9 Å². The molecule has 3 aromatic rings. The van der Waals surface area contributed by atoms with Crippen molar-refractivity contribution in [2.45, 2.75) is 25.8 Å². The number of hydrogen-bond donors (Lipinski definition) is 1. The number of nitrogens with one attached hydrogen (secondary N) is 1. The number of urea groups is 1. The van der Waals surface area contributed by atoms with Crippen molar-refractivity contribution in [3.8, 4) is 0 Å². The van der Waals surface area contributed by atoms with Gasteiger partial charge >= 0.3 is 6.03 Å². The zero-order chi connectivity index (χ0) is 18.4. The highest BCUT2D eigenvalue weighted by Crippen LogP contribution is 2.33. The number of benzene rings is 1. The van der Waals surface area contributed by atoms with E-state index >= 15 is 0 Å². The zero-order valence-corrected chi connectivity index (χ0v) is 15.4. The zero-order valence-electron chi connectivity index (χ0n) is 15.4. The standard InChI is InChI=1S/C21H23N5O/c1-15-11-17(13-24-10-7-22-20(15)24)23-21(27)25-8-4-9-26-18(14-25)12-16-5-2-3-6-19(16)26/h2-3,5-7,10-11,13,18H,4,8-9,12,14H2,1H3,(H,23,27)/t18-/m0/s1. The molecule has 1 fully saturated rings. The topological polar surface area (TPSA) is 52.9 Å². The normalized spacial score (nSPS) is 18.9. The van der Waals surface area contributed by atoms with Gasteiger partial charge in [-0.25, -0.2) is 9.78 Å². The fourth-order valence-electron chi connectivity index (χ4n) is 4.43. The van der Waals surface area contributed by atoms with Crippen LogP contribution >= 0.6 is 0 Å². The maximum absolute atomic E-state index is 12.9. The van der Waals surface area contributed by atoms with Crippen LogP contribution in [0.5, 0.6) is 0 Å². The van der Waals surface area contributed by atoms with Crippen LogP contribution in [-0.2, 0) is 6.42 Å². The monoisotopic (exact) mass is 361 g/mol. The van der Waals surface area contributed by atoms with Crippen molar-refractivity contribution in [1.29, 1.82) is 0 Å². The smallest absolute Gasteiger partial charge is 0.321 e. The fraction of sp³-hybridized carbons (Fsp3) is 0.333. The summed E-state index contributed by atoms with van der Waals surface area (Å²) in [6, 6.07) is 10.9. The molecule has 2 aliphatic heterocycles. The predicted molar refractivity (Wildman–Crippen MR) is 106 cm³/mol. The van der Waals surface area contributed by atoms with Crippen molar-refractivity contribution in [2.24, 2.45) is 0 Å². The maximum Gasteiger partial charge on any atom is 0.321 e. The van der Waals surface area contributed by atoms with Gasteiger partial charge in [-0.15, -0.1) is 0 Å². The first-order valence-corrected chi connectivity index (χ1v) is 9.53. The van der Waals surface area contributed by atoms with Gasteiger partial charge in [-0.3, -0.25) is 0 Å². The molecule has 2 aromatic heterocycles. The summed E-state index contributed by atoms with van der Waals surface area (Å²) in [6.45, 7) is 4.56. The van der Waals surface area contributed by atoms with E-state index in [0.717, 1.165) is 49.4 Å². The van der Waals surface area contributed by atoms with E-state index in [1.54, 1.807) is 6.20 Å². The van der Waals surface area contributed by atoms with Crippen molar-refractivity contribution in [3.63, 3.8) is 0 Å². The van der Waals surface area contributed by atoms with E-state index in [9.17, 15) is 4.79 Å². The Morgan fingerprint density at radius 2 is 2.15 bits per heavy atom. The van der Waals surface area contributed by atoms with Crippen molar-refractivity contribution >= 4 is 23.1 Å². The van der Waals surface area contributed by atoms with Gasteiger partial charge in [0, 0.05) is 43.9 Å². The van der Waals surface area contributed by atoms with Crippen LogP contribution in [0.25, 0.3) is 5.65 Å². The number of carbonyl (C=O) groups excluding carboxylic acids is 1. The molecule has 0 radical (unpaired) electrons. The van der Waals surface area contributed by atoms with Crippen LogP contribution in [-0.4, -0.2) is 46.0 Å². The lowest BCUT2D eigenvalue weighted by Gasteiger charge is -2.27. The number of fused-ring (bicyclic) bond motifs is 4. The molecule has 138 valence electrons. The largest absolute Gasteiger partial charge is 0.366 e. The molecule has 6 heteroatoms. The number of nitrogens with zero attached hydrogens (tertiary/aromatic N) is 4. The Bertz CT molecular complexity index is 1010. The van der Waals surface area contributed by atoms with E-state index < -0.39 is 0 Å². The van der Waals surface area contributed by atoms with Crippen LogP contribution in [0.4, 0.5) is 16.2 Å². The molecule has 0 bridgehead atoms. The SMILES string of the molecule is Cc1cc(NC(=O)N2CCCN3c4ccccc4C[C@H]3C2)cn2ccnc12. The number of rotatable bonds is 1. The molecule has 1 N–H and O–H groups in total. The number of aryl methyl sites for hydroxylation is 1. The molecule has 5 rings (SSSR count). The molecule has 4 heterocycles. The number of anilines is 2. The highest BCUT2D eigenvalue weighted by atomic mass is 16.2. The second-order valence-electron chi connectivity index (χ2n) is 7.48. The number of aromatic nitrogens is 2. The lowest BCUT2D eigenvalue weighted by molar-refractivity contribution is 0.211. The van der Waals surface area contributed by atoms with Crippen molar-refractivity contribution < 1.29 is 4.79 Å². The lowest BCUT2D eigenvalue weighted by Crippen LogP contribution is -2.43. The third-order valence-electron chi connectivity index (χ3n) is 5.67. The molecule has 1 aromatic carbocycles. The molecular weight excluding hydrogens is 338 g/mol. The number of hydrogen-bond acceptors (Lipinski definition) is 3. The van der Waals surface area contributed by atoms with Gasteiger partial charge in [-0.1, -0.05) is 18.2 Å². The Labute approximate surface area is 158 Å². The van der Waals surface area contributed by atoms with Gasteiger partial charge in [0.15, 0.2) is 0 Å².